The normalized spacial score (nSPS) is 22.8. The smallest absolute Gasteiger partial charge is 0.325 e. The lowest BCUT2D eigenvalue weighted by atomic mass is 9.90. The molecule has 0 spiro atoms. The quantitative estimate of drug-likeness (QED) is 0.750. The third-order valence-corrected chi connectivity index (χ3v) is 4.35. The molecule has 1 heterocycles. The summed E-state index contributed by atoms with van der Waals surface area (Å²) >= 11 is 0. The molecule has 0 aromatic rings. The van der Waals surface area contributed by atoms with Crippen LogP contribution in [-0.2, 0) is 9.53 Å². The van der Waals surface area contributed by atoms with Crippen molar-refractivity contribution < 1.29 is 9.53 Å². The van der Waals surface area contributed by atoms with E-state index in [-0.39, 0.29) is 5.97 Å². The maximum atomic E-state index is 12.0. The highest BCUT2D eigenvalue weighted by molar-refractivity contribution is 5.80. The molecule has 4 heteroatoms. The molecule has 2 unspecified atom stereocenters. The number of ether oxygens (including phenoxy) is 1. The minimum absolute atomic E-state index is 0.161. The molecular formula is C15H30N2O2. The Morgan fingerprint density at radius 1 is 1.47 bits per heavy atom. The van der Waals surface area contributed by atoms with E-state index in [9.17, 15) is 4.79 Å². The lowest BCUT2D eigenvalue weighted by Gasteiger charge is -2.39. The lowest BCUT2D eigenvalue weighted by Crippen LogP contribution is -2.54. The Morgan fingerprint density at radius 2 is 2.05 bits per heavy atom. The zero-order chi connectivity index (χ0) is 14.5. The first kappa shape index (κ1) is 16.4. The molecule has 0 bridgehead atoms. The largest absolute Gasteiger partial charge is 0.468 e. The van der Waals surface area contributed by atoms with Gasteiger partial charge in [-0.1, -0.05) is 13.8 Å². The second-order valence-electron chi connectivity index (χ2n) is 6.13. The summed E-state index contributed by atoms with van der Waals surface area (Å²) in [4.78, 5) is 14.5. The van der Waals surface area contributed by atoms with Gasteiger partial charge < -0.3 is 15.0 Å². The Hall–Kier alpha value is -0.610. The molecule has 0 radical (unpaired) electrons. The Morgan fingerprint density at radius 3 is 2.53 bits per heavy atom. The van der Waals surface area contributed by atoms with Crippen molar-refractivity contribution in [3.8, 4) is 0 Å². The number of rotatable bonds is 6. The minimum atomic E-state index is -0.577. The number of likely N-dealkylation sites (N-methyl/N-ethyl adjacent to an activating group) is 1. The van der Waals surface area contributed by atoms with Crippen molar-refractivity contribution in [3.63, 3.8) is 0 Å². The highest BCUT2D eigenvalue weighted by Gasteiger charge is 2.36. The molecule has 1 aliphatic rings. The van der Waals surface area contributed by atoms with E-state index in [0.29, 0.717) is 6.04 Å². The first-order valence-electron chi connectivity index (χ1n) is 7.50. The van der Waals surface area contributed by atoms with Gasteiger partial charge in [0.15, 0.2) is 0 Å². The van der Waals surface area contributed by atoms with Crippen LogP contribution in [0.15, 0.2) is 0 Å². The van der Waals surface area contributed by atoms with Crippen molar-refractivity contribution in [3.05, 3.63) is 0 Å². The van der Waals surface area contributed by atoms with Gasteiger partial charge in [-0.15, -0.1) is 0 Å². The van der Waals surface area contributed by atoms with E-state index in [1.807, 2.05) is 13.8 Å². The van der Waals surface area contributed by atoms with E-state index in [0.717, 1.165) is 32.0 Å². The topological polar surface area (TPSA) is 41.6 Å². The summed E-state index contributed by atoms with van der Waals surface area (Å²) in [5, 5.41) is 3.29. The van der Waals surface area contributed by atoms with Gasteiger partial charge in [-0.2, -0.15) is 0 Å². The van der Waals surface area contributed by atoms with Crippen LogP contribution in [-0.4, -0.2) is 49.2 Å². The summed E-state index contributed by atoms with van der Waals surface area (Å²) in [6, 6.07) is 0.399. The molecule has 0 aromatic carbocycles. The number of carbonyl (C=O) groups is 1. The Balaban J connectivity index is 2.60. The number of nitrogens with zero attached hydrogens (tertiary/aromatic N) is 1. The van der Waals surface area contributed by atoms with Crippen LogP contribution in [0.3, 0.4) is 0 Å². The van der Waals surface area contributed by atoms with Crippen molar-refractivity contribution in [2.75, 3.05) is 26.7 Å². The first-order valence-corrected chi connectivity index (χ1v) is 7.50. The molecular weight excluding hydrogens is 240 g/mol. The molecule has 1 aliphatic heterocycles. The Kier molecular flexibility index (Phi) is 6.27. The Labute approximate surface area is 117 Å². The third-order valence-electron chi connectivity index (χ3n) is 4.35. The molecule has 19 heavy (non-hydrogen) atoms. The number of piperidine rings is 1. The van der Waals surface area contributed by atoms with Crippen molar-refractivity contribution in [2.24, 2.45) is 5.92 Å². The third kappa shape index (κ3) is 4.46. The van der Waals surface area contributed by atoms with Crippen molar-refractivity contribution >= 4 is 5.97 Å². The summed E-state index contributed by atoms with van der Waals surface area (Å²) in [7, 11) is 1.46. The van der Waals surface area contributed by atoms with Crippen LogP contribution >= 0.6 is 0 Å². The van der Waals surface area contributed by atoms with Crippen molar-refractivity contribution in [2.45, 2.75) is 58.5 Å². The molecule has 4 nitrogen and oxygen atoms in total. The predicted molar refractivity (Wildman–Crippen MR) is 78.1 cm³/mol. The van der Waals surface area contributed by atoms with Crippen LogP contribution in [0.2, 0.25) is 0 Å². The minimum Gasteiger partial charge on any atom is -0.468 e. The zero-order valence-electron chi connectivity index (χ0n) is 13.2. The van der Waals surface area contributed by atoms with E-state index in [1.165, 1.54) is 20.0 Å². The van der Waals surface area contributed by atoms with Crippen LogP contribution in [0.4, 0.5) is 0 Å². The number of nitrogens with one attached hydrogen (secondary N) is 1. The molecule has 0 saturated carbocycles. The van der Waals surface area contributed by atoms with Gasteiger partial charge >= 0.3 is 5.97 Å². The molecule has 112 valence electrons. The van der Waals surface area contributed by atoms with Crippen LogP contribution in [0, 0.1) is 5.92 Å². The molecule has 0 amide bonds. The van der Waals surface area contributed by atoms with Crippen LogP contribution < -0.4 is 5.32 Å². The molecule has 1 N–H and O–H groups in total. The number of likely N-dealkylation sites (tertiary alicyclic amines) is 1. The van der Waals surface area contributed by atoms with Crippen LogP contribution in [0.1, 0.15) is 47.0 Å². The fourth-order valence-electron chi connectivity index (χ4n) is 3.03. The average molecular weight is 270 g/mol. The Bertz CT molecular complexity index is 288. The molecule has 1 fully saturated rings. The van der Waals surface area contributed by atoms with Gasteiger partial charge in [0.2, 0.25) is 0 Å². The van der Waals surface area contributed by atoms with Crippen LogP contribution in [0.25, 0.3) is 0 Å². The van der Waals surface area contributed by atoms with Gasteiger partial charge in [0.05, 0.1) is 7.11 Å². The van der Waals surface area contributed by atoms with Gasteiger partial charge in [0.25, 0.3) is 0 Å². The first-order chi connectivity index (χ1) is 8.92. The van der Waals surface area contributed by atoms with Crippen molar-refractivity contribution in [1.29, 1.82) is 0 Å². The van der Waals surface area contributed by atoms with Gasteiger partial charge in [0.1, 0.15) is 5.54 Å². The molecule has 1 saturated heterocycles. The standard InChI is InChI=1S/C15H30N2O2/c1-6-16-15(4,14(18)19-5)11-13(3)17-9-7-12(2)8-10-17/h12-13,16H,6-11H2,1-5H3. The number of carbonyl (C=O) groups excluding carboxylic acids is 1. The maximum Gasteiger partial charge on any atom is 0.325 e. The van der Waals surface area contributed by atoms with Gasteiger partial charge in [0, 0.05) is 6.04 Å². The van der Waals surface area contributed by atoms with Gasteiger partial charge in [-0.25, -0.2) is 0 Å². The zero-order valence-corrected chi connectivity index (χ0v) is 13.2. The monoisotopic (exact) mass is 270 g/mol. The highest BCUT2D eigenvalue weighted by atomic mass is 16.5. The number of esters is 1. The number of hydrogen-bond donors (Lipinski definition) is 1. The highest BCUT2D eigenvalue weighted by Crippen LogP contribution is 2.23. The second kappa shape index (κ2) is 7.25. The number of hydrogen-bond acceptors (Lipinski definition) is 4. The summed E-state index contributed by atoms with van der Waals surface area (Å²) in [5.74, 6) is 0.677. The van der Waals surface area contributed by atoms with E-state index in [4.69, 9.17) is 4.74 Å². The lowest BCUT2D eigenvalue weighted by molar-refractivity contribution is -0.148. The summed E-state index contributed by atoms with van der Waals surface area (Å²) in [6.45, 7) is 11.6. The van der Waals surface area contributed by atoms with E-state index in [2.05, 4.69) is 24.1 Å². The predicted octanol–water partition coefficient (Wildman–Crippen LogP) is 2.04. The average Bonchev–Trinajstić information content (AvgIpc) is 2.38. The molecule has 2 atom stereocenters. The summed E-state index contributed by atoms with van der Waals surface area (Å²) in [5.41, 5.74) is -0.577. The molecule has 0 aliphatic carbocycles. The van der Waals surface area contributed by atoms with E-state index < -0.39 is 5.54 Å². The SMILES string of the molecule is CCNC(C)(CC(C)N1CCC(C)CC1)C(=O)OC. The van der Waals surface area contributed by atoms with Gasteiger partial charge in [-0.05, 0) is 58.7 Å². The molecule has 1 rings (SSSR count). The van der Waals surface area contributed by atoms with E-state index in [1.54, 1.807) is 0 Å². The summed E-state index contributed by atoms with van der Waals surface area (Å²) in [6.07, 6.45) is 3.32. The second-order valence-corrected chi connectivity index (χ2v) is 6.13. The molecule has 0 aromatic heterocycles. The fraction of sp³-hybridized carbons (Fsp3) is 0.933. The number of methoxy groups -OCH3 is 1. The van der Waals surface area contributed by atoms with Crippen LogP contribution in [0.5, 0.6) is 0 Å². The maximum absolute atomic E-state index is 12.0. The van der Waals surface area contributed by atoms with Gasteiger partial charge in [-0.3, -0.25) is 4.79 Å². The fourth-order valence-corrected chi connectivity index (χ4v) is 3.03. The van der Waals surface area contributed by atoms with Crippen molar-refractivity contribution in [1.82, 2.24) is 10.2 Å². The van der Waals surface area contributed by atoms with E-state index >= 15 is 0 Å². The summed E-state index contributed by atoms with van der Waals surface area (Å²) < 4.78 is 4.95.